The lowest BCUT2D eigenvalue weighted by Crippen LogP contribution is -2.45. The second-order valence-electron chi connectivity index (χ2n) is 3.82. The van der Waals surface area contributed by atoms with Gasteiger partial charge in [0.15, 0.2) is 0 Å². The maximum atomic E-state index is 11.2. The molecule has 1 aromatic carbocycles. The van der Waals surface area contributed by atoms with Crippen LogP contribution in [-0.4, -0.2) is 16.4 Å². The second-order valence-corrected chi connectivity index (χ2v) is 3.82. The number of nitrogens with two attached hydrogens (primary N) is 1. The number of hydrogen-bond donors (Lipinski definition) is 2. The molecule has 3 nitrogen and oxygen atoms in total. The Morgan fingerprint density at radius 3 is 2.36 bits per heavy atom. The van der Waals surface area contributed by atoms with E-state index < -0.39 is 5.54 Å². The molecule has 1 rings (SSSR count). The molecule has 0 bridgehead atoms. The minimum absolute atomic E-state index is 0.0365. The van der Waals surface area contributed by atoms with Gasteiger partial charge in [-0.25, -0.2) is 0 Å². The Kier molecular flexibility index (Phi) is 2.91. The van der Waals surface area contributed by atoms with E-state index in [9.17, 15) is 4.79 Å². The van der Waals surface area contributed by atoms with Gasteiger partial charge in [-0.3, -0.25) is 4.79 Å². The molecule has 76 valence electrons. The smallest absolute Gasteiger partial charge is 0.149 e. The van der Waals surface area contributed by atoms with Crippen molar-refractivity contribution in [3.63, 3.8) is 0 Å². The Morgan fingerprint density at radius 1 is 1.43 bits per heavy atom. The van der Waals surface area contributed by atoms with Crippen molar-refractivity contribution in [3.05, 3.63) is 29.8 Å². The zero-order valence-corrected chi connectivity index (χ0v) is 8.45. The number of phenols is 1. The Bertz CT molecular complexity index is 328. The molecule has 0 fully saturated rings. The molecule has 3 heteroatoms. The minimum atomic E-state index is -0.822. The van der Waals surface area contributed by atoms with Gasteiger partial charge in [0.25, 0.3) is 0 Å². The molecule has 0 amide bonds. The Hall–Kier alpha value is -1.35. The average molecular weight is 193 g/mol. The van der Waals surface area contributed by atoms with Gasteiger partial charge in [0, 0.05) is 0 Å². The van der Waals surface area contributed by atoms with Crippen LogP contribution in [0.1, 0.15) is 19.4 Å². The van der Waals surface area contributed by atoms with E-state index >= 15 is 0 Å². The summed E-state index contributed by atoms with van der Waals surface area (Å²) in [6.07, 6.45) is 0.489. The van der Waals surface area contributed by atoms with Crippen LogP contribution in [0.3, 0.4) is 0 Å². The first-order valence-electron chi connectivity index (χ1n) is 4.49. The summed E-state index contributed by atoms with van der Waals surface area (Å²) in [4.78, 5) is 11.2. The average Bonchev–Trinajstić information content (AvgIpc) is 2.08. The fourth-order valence-electron chi connectivity index (χ4n) is 1.16. The maximum absolute atomic E-state index is 11.2. The Balaban J connectivity index is 2.79. The summed E-state index contributed by atoms with van der Waals surface area (Å²) in [6, 6.07) is 6.71. The van der Waals surface area contributed by atoms with Gasteiger partial charge in [-0.2, -0.15) is 0 Å². The summed E-state index contributed by atoms with van der Waals surface area (Å²) in [5.41, 5.74) is 5.94. The predicted octanol–water partition coefficient (Wildman–Crippen LogP) is 1.24. The number of rotatable bonds is 3. The van der Waals surface area contributed by atoms with Crippen LogP contribution in [-0.2, 0) is 11.2 Å². The maximum Gasteiger partial charge on any atom is 0.149 e. The molecule has 0 aliphatic rings. The lowest BCUT2D eigenvalue weighted by atomic mass is 9.90. The van der Waals surface area contributed by atoms with Crippen LogP contribution in [0.5, 0.6) is 5.75 Å². The molecule has 0 aliphatic heterocycles. The van der Waals surface area contributed by atoms with Gasteiger partial charge in [-0.15, -0.1) is 0 Å². The van der Waals surface area contributed by atoms with Crippen molar-refractivity contribution in [2.45, 2.75) is 25.8 Å². The van der Waals surface area contributed by atoms with Gasteiger partial charge in [0.2, 0.25) is 0 Å². The first kappa shape index (κ1) is 10.7. The zero-order chi connectivity index (χ0) is 10.8. The Labute approximate surface area is 83.6 Å². The van der Waals surface area contributed by atoms with Gasteiger partial charge in [0.1, 0.15) is 11.5 Å². The van der Waals surface area contributed by atoms with Gasteiger partial charge in [-0.05, 0) is 38.0 Å². The highest BCUT2D eigenvalue weighted by Crippen LogP contribution is 2.15. The first-order valence-corrected chi connectivity index (χ1v) is 4.49. The number of benzene rings is 1. The van der Waals surface area contributed by atoms with Gasteiger partial charge < -0.3 is 10.8 Å². The number of carbonyl (C=O) groups excluding carboxylic acids is 1. The van der Waals surface area contributed by atoms with Crippen molar-refractivity contribution in [1.29, 1.82) is 0 Å². The lowest BCUT2D eigenvalue weighted by molar-refractivity contribution is -0.121. The van der Waals surface area contributed by atoms with Crippen LogP contribution in [0.25, 0.3) is 0 Å². The lowest BCUT2D eigenvalue weighted by Gasteiger charge is -2.20. The molecule has 1 atom stereocenters. The number of ketones is 1. The molecular formula is C11H15NO2. The van der Waals surface area contributed by atoms with E-state index in [-0.39, 0.29) is 11.5 Å². The van der Waals surface area contributed by atoms with Crippen molar-refractivity contribution in [2.75, 3.05) is 0 Å². The third-order valence-corrected chi connectivity index (χ3v) is 2.31. The molecule has 0 aromatic heterocycles. The largest absolute Gasteiger partial charge is 0.508 e. The monoisotopic (exact) mass is 193 g/mol. The van der Waals surface area contributed by atoms with Crippen molar-refractivity contribution in [2.24, 2.45) is 5.73 Å². The predicted molar refractivity (Wildman–Crippen MR) is 55.1 cm³/mol. The number of Topliss-reactive ketones (excluding diaryl/α,β-unsaturated/α-hetero) is 1. The van der Waals surface area contributed by atoms with Crippen molar-refractivity contribution in [3.8, 4) is 5.75 Å². The molecule has 3 N–H and O–H groups in total. The van der Waals surface area contributed by atoms with Gasteiger partial charge >= 0.3 is 0 Å². The molecule has 1 unspecified atom stereocenters. The van der Waals surface area contributed by atoms with Crippen LogP contribution in [0, 0.1) is 0 Å². The summed E-state index contributed by atoms with van der Waals surface area (Å²) < 4.78 is 0. The fourth-order valence-corrected chi connectivity index (χ4v) is 1.16. The molecule has 0 saturated carbocycles. The summed E-state index contributed by atoms with van der Waals surface area (Å²) in [7, 11) is 0. The van der Waals surface area contributed by atoms with E-state index in [1.807, 2.05) is 0 Å². The first-order chi connectivity index (χ1) is 6.42. The van der Waals surface area contributed by atoms with Gasteiger partial charge in [-0.1, -0.05) is 12.1 Å². The van der Waals surface area contributed by atoms with Crippen LogP contribution in [0.2, 0.25) is 0 Å². The summed E-state index contributed by atoms with van der Waals surface area (Å²) >= 11 is 0. The molecule has 0 heterocycles. The summed E-state index contributed by atoms with van der Waals surface area (Å²) in [5.74, 6) is 0.181. The molecule has 0 spiro atoms. The molecule has 1 aromatic rings. The van der Waals surface area contributed by atoms with E-state index in [0.29, 0.717) is 6.42 Å². The van der Waals surface area contributed by atoms with E-state index in [1.54, 1.807) is 31.2 Å². The van der Waals surface area contributed by atoms with Crippen molar-refractivity contribution >= 4 is 5.78 Å². The number of aromatic hydroxyl groups is 1. The van der Waals surface area contributed by atoms with E-state index in [2.05, 4.69) is 0 Å². The molecule has 14 heavy (non-hydrogen) atoms. The van der Waals surface area contributed by atoms with E-state index in [4.69, 9.17) is 10.8 Å². The van der Waals surface area contributed by atoms with E-state index in [0.717, 1.165) is 5.56 Å². The van der Waals surface area contributed by atoms with Crippen LogP contribution >= 0.6 is 0 Å². The zero-order valence-electron chi connectivity index (χ0n) is 8.45. The third kappa shape index (κ3) is 2.57. The molecule has 0 saturated heterocycles. The summed E-state index contributed by atoms with van der Waals surface area (Å²) in [5, 5.41) is 9.07. The van der Waals surface area contributed by atoms with Crippen LogP contribution in [0.4, 0.5) is 0 Å². The van der Waals surface area contributed by atoms with Gasteiger partial charge in [0.05, 0.1) is 5.54 Å². The summed E-state index contributed by atoms with van der Waals surface area (Å²) in [6.45, 7) is 3.20. The number of carbonyl (C=O) groups is 1. The normalized spacial score (nSPS) is 14.8. The number of hydrogen-bond acceptors (Lipinski definition) is 3. The van der Waals surface area contributed by atoms with Crippen molar-refractivity contribution in [1.82, 2.24) is 0 Å². The van der Waals surface area contributed by atoms with Crippen LogP contribution < -0.4 is 5.73 Å². The quantitative estimate of drug-likeness (QED) is 0.759. The highest BCUT2D eigenvalue weighted by Gasteiger charge is 2.24. The highest BCUT2D eigenvalue weighted by molar-refractivity contribution is 5.85. The highest BCUT2D eigenvalue weighted by atomic mass is 16.3. The molecular weight excluding hydrogens is 178 g/mol. The standard InChI is InChI=1S/C11H15NO2/c1-8(13)11(2,12)7-9-3-5-10(14)6-4-9/h3-6,14H,7,12H2,1-2H3. The number of phenolic OH excluding ortho intramolecular Hbond substituents is 1. The second kappa shape index (κ2) is 3.80. The SMILES string of the molecule is CC(=O)C(C)(N)Cc1ccc(O)cc1. The third-order valence-electron chi connectivity index (χ3n) is 2.31. The topological polar surface area (TPSA) is 63.3 Å². The fraction of sp³-hybridized carbons (Fsp3) is 0.364. The van der Waals surface area contributed by atoms with Crippen molar-refractivity contribution < 1.29 is 9.90 Å². The van der Waals surface area contributed by atoms with Crippen LogP contribution in [0.15, 0.2) is 24.3 Å². The Morgan fingerprint density at radius 2 is 1.93 bits per heavy atom. The van der Waals surface area contributed by atoms with E-state index in [1.165, 1.54) is 6.92 Å². The minimum Gasteiger partial charge on any atom is -0.508 e. The molecule has 0 aliphatic carbocycles. The molecule has 0 radical (unpaired) electrons.